The van der Waals surface area contributed by atoms with Gasteiger partial charge in [0.15, 0.2) is 0 Å². The van der Waals surface area contributed by atoms with E-state index in [0.717, 1.165) is 6.42 Å². The normalized spacial score (nSPS) is 9.86. The van der Waals surface area contributed by atoms with Crippen molar-refractivity contribution in [1.29, 1.82) is 0 Å². The van der Waals surface area contributed by atoms with Crippen molar-refractivity contribution in [2.24, 2.45) is 0 Å². The van der Waals surface area contributed by atoms with Crippen LogP contribution in [-0.2, 0) is 0 Å². The molecule has 6 heteroatoms. The Bertz CT molecular complexity index is 343. The zero-order valence-corrected chi connectivity index (χ0v) is 8.41. The first-order valence-electron chi connectivity index (χ1n) is 4.10. The summed E-state index contributed by atoms with van der Waals surface area (Å²) in [7, 11) is 0. The van der Waals surface area contributed by atoms with Gasteiger partial charge in [-0.25, -0.2) is 4.98 Å². The van der Waals surface area contributed by atoms with Crippen molar-refractivity contribution in [1.82, 2.24) is 9.97 Å². The number of nitrogen functional groups attached to an aromatic ring is 1. The van der Waals surface area contributed by atoms with E-state index in [1.54, 1.807) is 0 Å². The first kappa shape index (κ1) is 10.7. The number of carbonyl (C=O) groups excluding carboxylic acids is 1. The van der Waals surface area contributed by atoms with Gasteiger partial charge in [0.1, 0.15) is 5.56 Å². The predicted octanol–water partition coefficient (Wildman–Crippen LogP) is 1.23. The summed E-state index contributed by atoms with van der Waals surface area (Å²) in [5.41, 5.74) is 5.48. The number of aromatic nitrogens is 2. The fourth-order valence-corrected chi connectivity index (χ4v) is 0.952. The average Bonchev–Trinajstić information content (AvgIpc) is 2.14. The van der Waals surface area contributed by atoms with Gasteiger partial charge in [-0.05, 0) is 18.0 Å². The SMILES string of the molecule is CCCOc1nc(N)ncc1C(=O)Cl. The molecule has 0 aromatic carbocycles. The third-order valence-electron chi connectivity index (χ3n) is 1.43. The minimum Gasteiger partial charge on any atom is -0.477 e. The fourth-order valence-electron chi connectivity index (χ4n) is 0.823. The number of carbonyl (C=O) groups is 1. The molecule has 0 aliphatic heterocycles. The number of hydrogen-bond donors (Lipinski definition) is 1. The molecule has 0 saturated heterocycles. The molecule has 0 radical (unpaired) electrons. The molecule has 1 aromatic heterocycles. The van der Waals surface area contributed by atoms with Crippen LogP contribution in [0.15, 0.2) is 6.20 Å². The number of halogens is 1. The van der Waals surface area contributed by atoms with Gasteiger partial charge in [-0.15, -0.1) is 0 Å². The third kappa shape index (κ3) is 2.56. The van der Waals surface area contributed by atoms with Crippen molar-refractivity contribution < 1.29 is 9.53 Å². The molecule has 0 bridgehead atoms. The molecular formula is C8H10ClN3O2. The molecular weight excluding hydrogens is 206 g/mol. The molecule has 76 valence electrons. The van der Waals surface area contributed by atoms with E-state index in [0.29, 0.717) is 6.61 Å². The average molecular weight is 216 g/mol. The Morgan fingerprint density at radius 1 is 1.71 bits per heavy atom. The van der Waals surface area contributed by atoms with Crippen LogP contribution >= 0.6 is 11.6 Å². The van der Waals surface area contributed by atoms with E-state index in [1.165, 1.54) is 6.20 Å². The molecule has 0 aliphatic rings. The molecule has 0 unspecified atom stereocenters. The second-order valence-electron chi connectivity index (χ2n) is 2.57. The Labute approximate surface area is 86.2 Å². The summed E-state index contributed by atoms with van der Waals surface area (Å²) in [6, 6.07) is 0. The Balaban J connectivity index is 2.97. The first-order valence-corrected chi connectivity index (χ1v) is 4.48. The number of anilines is 1. The molecule has 1 aromatic rings. The number of rotatable bonds is 4. The van der Waals surface area contributed by atoms with Crippen LogP contribution in [0, 0.1) is 0 Å². The van der Waals surface area contributed by atoms with Crippen molar-refractivity contribution in [3.05, 3.63) is 11.8 Å². The van der Waals surface area contributed by atoms with Crippen molar-refractivity contribution in [2.45, 2.75) is 13.3 Å². The van der Waals surface area contributed by atoms with Crippen LogP contribution in [0.1, 0.15) is 23.7 Å². The zero-order chi connectivity index (χ0) is 10.6. The molecule has 0 atom stereocenters. The van der Waals surface area contributed by atoms with Crippen LogP contribution in [0.5, 0.6) is 5.88 Å². The van der Waals surface area contributed by atoms with Crippen molar-refractivity contribution in [3.8, 4) is 5.88 Å². The quantitative estimate of drug-likeness (QED) is 0.765. The predicted molar refractivity (Wildman–Crippen MR) is 52.4 cm³/mol. The highest BCUT2D eigenvalue weighted by molar-refractivity contribution is 6.68. The number of hydrogen-bond acceptors (Lipinski definition) is 5. The highest BCUT2D eigenvalue weighted by Crippen LogP contribution is 2.17. The van der Waals surface area contributed by atoms with Crippen LogP contribution in [-0.4, -0.2) is 21.8 Å². The number of nitrogens with two attached hydrogens (primary N) is 1. The van der Waals surface area contributed by atoms with Gasteiger partial charge >= 0.3 is 0 Å². The number of nitrogens with zero attached hydrogens (tertiary/aromatic N) is 2. The van der Waals surface area contributed by atoms with Crippen LogP contribution in [0.3, 0.4) is 0 Å². The molecule has 0 fully saturated rings. The maximum atomic E-state index is 10.9. The lowest BCUT2D eigenvalue weighted by atomic mass is 10.3. The van der Waals surface area contributed by atoms with Gasteiger partial charge in [-0.2, -0.15) is 4.98 Å². The Morgan fingerprint density at radius 3 is 3.00 bits per heavy atom. The largest absolute Gasteiger partial charge is 0.477 e. The van der Waals surface area contributed by atoms with Gasteiger partial charge in [-0.3, -0.25) is 4.79 Å². The minimum absolute atomic E-state index is 0.0535. The van der Waals surface area contributed by atoms with Gasteiger partial charge in [0, 0.05) is 6.20 Å². The molecule has 2 N–H and O–H groups in total. The molecule has 1 rings (SSSR count). The summed E-state index contributed by atoms with van der Waals surface area (Å²) < 4.78 is 5.19. The van der Waals surface area contributed by atoms with E-state index >= 15 is 0 Å². The number of ether oxygens (including phenoxy) is 1. The maximum Gasteiger partial charge on any atom is 0.259 e. The van der Waals surface area contributed by atoms with Crippen LogP contribution in [0.4, 0.5) is 5.95 Å². The molecule has 0 aliphatic carbocycles. The Morgan fingerprint density at radius 2 is 2.43 bits per heavy atom. The van der Waals surface area contributed by atoms with Crippen molar-refractivity contribution >= 4 is 22.8 Å². The molecule has 0 spiro atoms. The Kier molecular flexibility index (Phi) is 3.64. The Hall–Kier alpha value is -1.36. The highest BCUT2D eigenvalue weighted by Gasteiger charge is 2.12. The summed E-state index contributed by atoms with van der Waals surface area (Å²) in [6.07, 6.45) is 2.06. The molecule has 14 heavy (non-hydrogen) atoms. The van der Waals surface area contributed by atoms with E-state index in [-0.39, 0.29) is 17.4 Å². The lowest BCUT2D eigenvalue weighted by Gasteiger charge is -2.06. The summed E-state index contributed by atoms with van der Waals surface area (Å²) >= 11 is 5.30. The van der Waals surface area contributed by atoms with E-state index in [1.807, 2.05) is 6.92 Å². The summed E-state index contributed by atoms with van der Waals surface area (Å²) in [6.45, 7) is 2.39. The second kappa shape index (κ2) is 4.76. The van der Waals surface area contributed by atoms with Gasteiger partial charge in [0.25, 0.3) is 5.24 Å². The maximum absolute atomic E-state index is 10.9. The highest BCUT2D eigenvalue weighted by atomic mass is 35.5. The lowest BCUT2D eigenvalue weighted by molar-refractivity contribution is 0.107. The van der Waals surface area contributed by atoms with Gasteiger partial charge in [0.05, 0.1) is 6.61 Å². The summed E-state index contributed by atoms with van der Waals surface area (Å²) in [4.78, 5) is 18.3. The molecule has 5 nitrogen and oxygen atoms in total. The van der Waals surface area contributed by atoms with Crippen LogP contribution in [0.25, 0.3) is 0 Å². The monoisotopic (exact) mass is 215 g/mol. The topological polar surface area (TPSA) is 78.1 Å². The van der Waals surface area contributed by atoms with Gasteiger partial charge in [0.2, 0.25) is 11.8 Å². The van der Waals surface area contributed by atoms with E-state index < -0.39 is 5.24 Å². The van der Waals surface area contributed by atoms with Gasteiger partial charge < -0.3 is 10.5 Å². The summed E-state index contributed by atoms with van der Waals surface area (Å²) in [5, 5.41) is -0.656. The first-order chi connectivity index (χ1) is 6.65. The van der Waals surface area contributed by atoms with Crippen molar-refractivity contribution in [2.75, 3.05) is 12.3 Å². The third-order valence-corrected chi connectivity index (χ3v) is 1.63. The summed E-state index contributed by atoms with van der Waals surface area (Å²) in [5.74, 6) is 0.192. The second-order valence-corrected chi connectivity index (χ2v) is 2.91. The molecule has 0 amide bonds. The van der Waals surface area contributed by atoms with Crippen LogP contribution in [0.2, 0.25) is 0 Å². The van der Waals surface area contributed by atoms with Crippen LogP contribution < -0.4 is 10.5 Å². The van der Waals surface area contributed by atoms with Gasteiger partial charge in [-0.1, -0.05) is 6.92 Å². The smallest absolute Gasteiger partial charge is 0.259 e. The zero-order valence-electron chi connectivity index (χ0n) is 7.66. The molecule has 0 saturated carbocycles. The van der Waals surface area contributed by atoms with E-state index in [9.17, 15) is 4.79 Å². The van der Waals surface area contributed by atoms with Crippen molar-refractivity contribution in [3.63, 3.8) is 0 Å². The minimum atomic E-state index is -0.656. The lowest BCUT2D eigenvalue weighted by Crippen LogP contribution is -2.06. The fraction of sp³-hybridized carbons (Fsp3) is 0.375. The van der Waals surface area contributed by atoms with E-state index in [4.69, 9.17) is 22.1 Å². The standard InChI is InChI=1S/C8H10ClN3O2/c1-2-3-14-7-5(6(9)13)4-11-8(10)12-7/h4H,2-3H2,1H3,(H2,10,11,12). The van der Waals surface area contributed by atoms with E-state index in [2.05, 4.69) is 9.97 Å². The molecule has 1 heterocycles.